The summed E-state index contributed by atoms with van der Waals surface area (Å²) < 4.78 is 23.1. The summed E-state index contributed by atoms with van der Waals surface area (Å²) in [5, 5.41) is 19.5. The average Bonchev–Trinajstić information content (AvgIpc) is 4.22. The van der Waals surface area contributed by atoms with Gasteiger partial charge in [-0.1, -0.05) is 96.1 Å². The van der Waals surface area contributed by atoms with Gasteiger partial charge in [-0.3, -0.25) is 28.8 Å². The first-order chi connectivity index (χ1) is 34.7. The van der Waals surface area contributed by atoms with Crippen molar-refractivity contribution in [2.45, 2.75) is 131 Å². The quantitative estimate of drug-likeness (QED) is 0.0839. The normalized spacial score (nSPS) is 19.5. The van der Waals surface area contributed by atoms with E-state index in [1.54, 1.807) is 49.2 Å². The number of hydrogen-bond acceptors (Lipinski definition) is 12. The second-order valence-electron chi connectivity index (χ2n) is 20.5. The van der Waals surface area contributed by atoms with Gasteiger partial charge in [0.2, 0.25) is 29.5 Å². The maximum atomic E-state index is 16.8. The fourth-order valence-corrected chi connectivity index (χ4v) is 11.5. The van der Waals surface area contributed by atoms with E-state index < -0.39 is 83.1 Å². The van der Waals surface area contributed by atoms with Gasteiger partial charge in [-0.2, -0.15) is 0 Å². The molecule has 0 saturated carbocycles. The van der Waals surface area contributed by atoms with Gasteiger partial charge in [-0.25, -0.2) is 14.4 Å². The molecule has 6 amide bonds. The first-order valence-corrected chi connectivity index (χ1v) is 26.4. The molecule has 5 heterocycles. The summed E-state index contributed by atoms with van der Waals surface area (Å²) in [5.74, 6) is -4.70. The van der Waals surface area contributed by atoms with Crippen molar-refractivity contribution in [2.24, 2.45) is 11.3 Å². The minimum Gasteiger partial charge on any atom is -0.485 e. The number of hydrogen-bond donors (Lipinski definition) is 4. The summed E-state index contributed by atoms with van der Waals surface area (Å²) in [7, 11) is 0. The fourth-order valence-electron chi connectivity index (χ4n) is 9.88. The molecular formula is C54H63FN8O8S2. The van der Waals surface area contributed by atoms with E-state index in [1.807, 2.05) is 83.1 Å². The molecule has 3 aromatic carbocycles. The zero-order chi connectivity index (χ0) is 52.5. The molecule has 386 valence electrons. The number of aliphatic hydroxyl groups is 1. The van der Waals surface area contributed by atoms with E-state index in [2.05, 4.69) is 25.9 Å². The first kappa shape index (κ1) is 52.7. The Hall–Kier alpha value is -6.57. The van der Waals surface area contributed by atoms with E-state index >= 15 is 4.39 Å². The number of amides is 6. The highest BCUT2D eigenvalue weighted by Gasteiger charge is 2.48. The third-order valence-corrected chi connectivity index (χ3v) is 15.8. The minimum atomic E-state index is -1.11. The number of aryl methyl sites for hydroxylation is 2. The van der Waals surface area contributed by atoms with Crippen LogP contribution in [0, 0.1) is 31.0 Å². The Morgan fingerprint density at radius 1 is 0.795 bits per heavy atom. The largest absolute Gasteiger partial charge is 0.485 e. The van der Waals surface area contributed by atoms with Crippen molar-refractivity contribution in [3.63, 3.8) is 0 Å². The molecule has 19 heteroatoms. The van der Waals surface area contributed by atoms with Crippen molar-refractivity contribution in [3.8, 4) is 26.6 Å². The van der Waals surface area contributed by atoms with Crippen molar-refractivity contribution in [1.82, 2.24) is 40.6 Å². The summed E-state index contributed by atoms with van der Waals surface area (Å²) in [4.78, 5) is 98.7. The third-order valence-electron chi connectivity index (χ3n) is 13.8. The molecule has 4 N–H and O–H groups in total. The van der Waals surface area contributed by atoms with Crippen LogP contribution in [0.5, 0.6) is 5.75 Å². The molecule has 0 radical (unpaired) electrons. The maximum absolute atomic E-state index is 16.8. The number of thiazole rings is 2. The molecule has 16 nitrogen and oxygen atoms in total. The molecule has 0 unspecified atom stereocenters. The van der Waals surface area contributed by atoms with Crippen LogP contribution in [0.25, 0.3) is 20.9 Å². The van der Waals surface area contributed by atoms with Gasteiger partial charge >= 0.3 is 0 Å². The van der Waals surface area contributed by atoms with Gasteiger partial charge in [0, 0.05) is 45.4 Å². The molecule has 0 bridgehead atoms. The molecule has 0 aliphatic carbocycles. The molecule has 8 rings (SSSR count). The summed E-state index contributed by atoms with van der Waals surface area (Å²) in [6.07, 6.45) is -1.74. The number of halogens is 1. The van der Waals surface area contributed by atoms with Crippen LogP contribution in [-0.4, -0.2) is 115 Å². The second kappa shape index (κ2) is 21.9. The number of rotatable bonds is 16. The number of nitrogens with zero attached hydrogens (tertiary/aromatic N) is 5. The Labute approximate surface area is 432 Å². The van der Waals surface area contributed by atoms with Gasteiger partial charge in [0.25, 0.3) is 5.91 Å². The number of ether oxygens (including phenoxy) is 1. The number of aromatic nitrogens is 2. The number of likely N-dealkylation sites (tertiary alicyclic amines) is 2. The molecule has 2 saturated heterocycles. The second-order valence-corrected chi connectivity index (χ2v) is 22.2. The van der Waals surface area contributed by atoms with Crippen molar-refractivity contribution in [2.75, 3.05) is 13.1 Å². The molecule has 0 spiro atoms. The van der Waals surface area contributed by atoms with E-state index in [9.17, 15) is 33.9 Å². The molecule has 73 heavy (non-hydrogen) atoms. The minimum absolute atomic E-state index is 0.00847. The number of β-amino-alcohol motifs (C(OH)–C–C–N with tert-alkyl or cyclic N) is 1. The van der Waals surface area contributed by atoms with E-state index in [0.29, 0.717) is 5.56 Å². The van der Waals surface area contributed by atoms with Crippen LogP contribution >= 0.6 is 22.7 Å². The SMILES string of the molecule is CCC(=O)N[C@H](C(=O)N1C[C@H](Oc2ccc3c(c2F)C(=O)N([C@H](C(=O)N2C[C@H](O)C[C@H]2C(=O)NCc2ccc(-c4scnc4C)cc2)C(C)C)C3)C[C@H]1C(=O)NCc1ccc(-c2scnc2C)cc1)C(C)(C)C. The smallest absolute Gasteiger partial charge is 0.258 e. The van der Waals surface area contributed by atoms with Crippen LogP contribution < -0.4 is 20.7 Å². The Morgan fingerprint density at radius 2 is 1.33 bits per heavy atom. The Bertz CT molecular complexity index is 2880. The summed E-state index contributed by atoms with van der Waals surface area (Å²) in [6.45, 7) is 14.6. The molecule has 3 aliphatic rings. The predicted octanol–water partition coefficient (Wildman–Crippen LogP) is 6.55. The van der Waals surface area contributed by atoms with Crippen LogP contribution in [0.3, 0.4) is 0 Å². The highest BCUT2D eigenvalue weighted by atomic mass is 32.1. The first-order valence-electron chi connectivity index (χ1n) is 24.7. The van der Waals surface area contributed by atoms with Gasteiger partial charge < -0.3 is 40.5 Å². The standard InChI is InChI=1S/C54H63FN8O8S2/c1-9-42(65)60-48(54(6,7)8)53(70)62-26-38(21-40(62)50(67)57-23-33-12-16-35(17-13-33)47-31(5)59-28-73-47)71-41-19-18-36-24-63(51(68)43(36)44(41)55)45(29(2)3)52(69)61-25-37(64)20-39(61)49(66)56-22-32-10-14-34(15-11-32)46-30(4)58-27-72-46/h10-19,27-29,37-40,45,48,64H,9,20-26H2,1-8H3,(H,56,66)(H,57,67)(H,60,65)/t37-,38-,39+,40+,45+,48-/m1/s1. The summed E-state index contributed by atoms with van der Waals surface area (Å²) >= 11 is 3.09. The fraction of sp³-hybridized carbons (Fsp3) is 0.444. The zero-order valence-electron chi connectivity index (χ0n) is 42.4. The number of carbonyl (C=O) groups excluding carboxylic acids is 6. The lowest BCUT2D eigenvalue weighted by Gasteiger charge is -2.35. The van der Waals surface area contributed by atoms with E-state index in [1.165, 1.54) is 32.1 Å². The van der Waals surface area contributed by atoms with Crippen molar-refractivity contribution >= 4 is 58.1 Å². The highest BCUT2D eigenvalue weighted by Crippen LogP contribution is 2.37. The van der Waals surface area contributed by atoms with Crippen LogP contribution in [0.4, 0.5) is 4.39 Å². The maximum Gasteiger partial charge on any atom is 0.258 e. The Morgan fingerprint density at radius 3 is 1.82 bits per heavy atom. The lowest BCUT2D eigenvalue weighted by Crippen LogP contribution is -2.57. The highest BCUT2D eigenvalue weighted by molar-refractivity contribution is 7.13. The number of carbonyl (C=O) groups is 6. The van der Waals surface area contributed by atoms with E-state index in [4.69, 9.17) is 4.74 Å². The van der Waals surface area contributed by atoms with Gasteiger partial charge in [-0.05, 0) is 59.1 Å². The lowest BCUT2D eigenvalue weighted by molar-refractivity contribution is -0.144. The van der Waals surface area contributed by atoms with Gasteiger partial charge in [0.1, 0.15) is 30.3 Å². The van der Waals surface area contributed by atoms with Gasteiger partial charge in [0.05, 0.1) is 50.4 Å². The molecule has 5 aromatic rings. The molecule has 6 atom stereocenters. The Kier molecular flexibility index (Phi) is 15.8. The van der Waals surface area contributed by atoms with Gasteiger partial charge in [-0.15, -0.1) is 22.7 Å². The van der Waals surface area contributed by atoms with Gasteiger partial charge in [0.15, 0.2) is 11.6 Å². The lowest BCUT2D eigenvalue weighted by atomic mass is 9.85. The van der Waals surface area contributed by atoms with Crippen LogP contribution in [0.1, 0.15) is 99.2 Å². The van der Waals surface area contributed by atoms with E-state index in [0.717, 1.165) is 43.4 Å². The van der Waals surface area contributed by atoms with Crippen molar-refractivity contribution in [1.29, 1.82) is 0 Å². The molecule has 2 fully saturated rings. The summed E-state index contributed by atoms with van der Waals surface area (Å²) in [5.41, 5.74) is 8.43. The topological polar surface area (TPSA) is 203 Å². The Balaban J connectivity index is 0.962. The van der Waals surface area contributed by atoms with Crippen molar-refractivity contribution < 1.29 is 43.0 Å². The van der Waals surface area contributed by atoms with Crippen LogP contribution in [0.2, 0.25) is 0 Å². The molecule has 3 aliphatic heterocycles. The van der Waals surface area contributed by atoms with Crippen LogP contribution in [-0.2, 0) is 43.6 Å². The monoisotopic (exact) mass is 1030 g/mol. The average molecular weight is 1040 g/mol. The van der Waals surface area contributed by atoms with Crippen molar-refractivity contribution in [3.05, 3.63) is 111 Å². The third kappa shape index (κ3) is 11.3. The summed E-state index contributed by atoms with van der Waals surface area (Å²) in [6, 6.07) is 14.3. The van der Waals surface area contributed by atoms with Crippen LogP contribution in [0.15, 0.2) is 71.7 Å². The number of benzene rings is 3. The predicted molar refractivity (Wildman–Crippen MR) is 276 cm³/mol. The number of fused-ring (bicyclic) bond motifs is 1. The molecule has 2 aromatic heterocycles. The number of nitrogens with one attached hydrogen (secondary N) is 3. The molecular weight excluding hydrogens is 972 g/mol. The van der Waals surface area contributed by atoms with E-state index in [-0.39, 0.29) is 69.2 Å². The number of aliphatic hydroxyl groups excluding tert-OH is 1. The zero-order valence-corrected chi connectivity index (χ0v) is 44.0.